The maximum atomic E-state index is 11.2. The van der Waals surface area contributed by atoms with Crippen molar-refractivity contribution in [1.82, 2.24) is 4.90 Å². The van der Waals surface area contributed by atoms with E-state index in [9.17, 15) is 4.79 Å². The minimum Gasteiger partial charge on any atom is -0.395 e. The molecule has 4 nitrogen and oxygen atoms in total. The molecule has 0 aromatic heterocycles. The lowest BCUT2D eigenvalue weighted by atomic mass is 10.2. The van der Waals surface area contributed by atoms with Crippen molar-refractivity contribution in [2.45, 2.75) is 26.1 Å². The summed E-state index contributed by atoms with van der Waals surface area (Å²) in [6.45, 7) is 5.29. The summed E-state index contributed by atoms with van der Waals surface area (Å²) in [5.74, 6) is 0. The van der Waals surface area contributed by atoms with Crippen molar-refractivity contribution < 1.29 is 14.8 Å². The minimum absolute atomic E-state index is 0.00278. The highest BCUT2D eigenvalue weighted by Crippen LogP contribution is 2.09. The molecular formula is C8H16N2O2. The summed E-state index contributed by atoms with van der Waals surface area (Å²) in [6.07, 6.45) is 0.273. The number of urea groups is 1. The van der Waals surface area contributed by atoms with Gasteiger partial charge in [-0.05, 0) is 13.8 Å². The summed E-state index contributed by atoms with van der Waals surface area (Å²) in [4.78, 5) is 13.0. The first-order valence-corrected chi connectivity index (χ1v) is 4.20. The molecule has 2 amide bonds. The Morgan fingerprint density at radius 1 is 1.50 bits per heavy atom. The fraction of sp³-hybridized carbons (Fsp3) is 0.750. The van der Waals surface area contributed by atoms with Crippen LogP contribution in [0.25, 0.3) is 0 Å². The van der Waals surface area contributed by atoms with Gasteiger partial charge in [0.25, 0.3) is 0 Å². The highest BCUT2D eigenvalue weighted by atomic mass is 16.5. The molecule has 0 bridgehead atoms. The number of nitrogens with two attached hydrogens (primary N) is 1. The van der Waals surface area contributed by atoms with Crippen molar-refractivity contribution in [3.05, 3.63) is 7.05 Å². The Labute approximate surface area is 72.9 Å². The second-order valence-electron chi connectivity index (χ2n) is 3.20. The van der Waals surface area contributed by atoms with Crippen LogP contribution in [0.15, 0.2) is 0 Å². The summed E-state index contributed by atoms with van der Waals surface area (Å²) in [6, 6.07) is -0.00278. The molecule has 1 fully saturated rings. The predicted octanol–water partition coefficient (Wildman–Crippen LogP) is -0.429. The van der Waals surface area contributed by atoms with E-state index in [1.54, 1.807) is 4.90 Å². The lowest BCUT2D eigenvalue weighted by Crippen LogP contribution is -2.85. The Kier molecular flexibility index (Phi) is 3.05. The second-order valence-corrected chi connectivity index (χ2v) is 3.20. The highest BCUT2D eigenvalue weighted by molar-refractivity contribution is 5.63. The van der Waals surface area contributed by atoms with Gasteiger partial charge in [-0.25, -0.2) is 4.79 Å². The van der Waals surface area contributed by atoms with Crippen LogP contribution in [0, 0.1) is 7.05 Å². The van der Waals surface area contributed by atoms with Gasteiger partial charge >= 0.3 is 6.03 Å². The van der Waals surface area contributed by atoms with E-state index in [-0.39, 0.29) is 18.2 Å². The zero-order valence-electron chi connectivity index (χ0n) is 7.62. The van der Waals surface area contributed by atoms with Crippen molar-refractivity contribution in [2.24, 2.45) is 0 Å². The minimum atomic E-state index is -0.00278. The summed E-state index contributed by atoms with van der Waals surface area (Å²) < 4.78 is 5.48. The zero-order chi connectivity index (χ0) is 9.14. The number of carbonyl (C=O) groups is 1. The summed E-state index contributed by atoms with van der Waals surface area (Å²) >= 11 is 0. The van der Waals surface area contributed by atoms with Crippen LogP contribution in [0.2, 0.25) is 0 Å². The van der Waals surface area contributed by atoms with Crippen LogP contribution >= 0.6 is 0 Å². The number of morpholine rings is 1. The van der Waals surface area contributed by atoms with Gasteiger partial charge in [-0.3, -0.25) is 4.90 Å². The number of rotatable bonds is 0. The average Bonchev–Trinajstić information content (AvgIpc) is 2.01. The van der Waals surface area contributed by atoms with Gasteiger partial charge in [0.1, 0.15) is 0 Å². The highest BCUT2D eigenvalue weighted by Gasteiger charge is 2.26. The fourth-order valence-electron chi connectivity index (χ4n) is 1.49. The number of amides is 2. The quantitative estimate of drug-likeness (QED) is 0.504. The Hall–Kier alpha value is -0.610. The molecule has 1 heterocycles. The summed E-state index contributed by atoms with van der Waals surface area (Å²) in [7, 11) is 3.45. The SMILES string of the molecule is [CH2-][NH2+]C(=O)N1C[C@@H](C)O[C@@H](C)C1. The normalized spacial score (nSPS) is 30.4. The maximum absolute atomic E-state index is 11.2. The molecule has 2 atom stereocenters. The number of carbonyl (C=O) groups excluding carboxylic acids is 1. The molecule has 1 rings (SSSR count). The first-order valence-electron chi connectivity index (χ1n) is 4.20. The summed E-state index contributed by atoms with van der Waals surface area (Å²) in [5.41, 5.74) is 0. The number of hydrogen-bond donors (Lipinski definition) is 1. The Bertz CT molecular complexity index is 162. The molecule has 4 heteroatoms. The maximum Gasteiger partial charge on any atom is 0.389 e. The molecule has 70 valence electrons. The van der Waals surface area contributed by atoms with Crippen LogP contribution in [0.4, 0.5) is 4.79 Å². The third-order valence-corrected chi connectivity index (χ3v) is 1.91. The van der Waals surface area contributed by atoms with Gasteiger partial charge in [-0.1, -0.05) is 0 Å². The van der Waals surface area contributed by atoms with E-state index >= 15 is 0 Å². The van der Waals surface area contributed by atoms with Crippen LogP contribution in [0.3, 0.4) is 0 Å². The van der Waals surface area contributed by atoms with Gasteiger partial charge < -0.3 is 10.1 Å². The molecular weight excluding hydrogens is 156 g/mol. The summed E-state index contributed by atoms with van der Waals surface area (Å²) in [5, 5.41) is 1.35. The van der Waals surface area contributed by atoms with Gasteiger partial charge in [0, 0.05) is 0 Å². The van der Waals surface area contributed by atoms with E-state index in [2.05, 4.69) is 7.05 Å². The molecule has 0 aromatic carbocycles. The largest absolute Gasteiger partial charge is 0.395 e. The van der Waals surface area contributed by atoms with Crippen molar-refractivity contribution in [1.29, 1.82) is 0 Å². The van der Waals surface area contributed by atoms with Crippen molar-refractivity contribution >= 4 is 6.03 Å². The molecule has 0 radical (unpaired) electrons. The lowest BCUT2D eigenvalue weighted by molar-refractivity contribution is -0.499. The Morgan fingerprint density at radius 3 is 2.42 bits per heavy atom. The molecule has 12 heavy (non-hydrogen) atoms. The van der Waals surface area contributed by atoms with Gasteiger partial charge in [0.2, 0.25) is 0 Å². The molecule has 0 aliphatic carbocycles. The van der Waals surface area contributed by atoms with E-state index in [0.717, 1.165) is 0 Å². The molecule has 1 aliphatic rings. The monoisotopic (exact) mass is 172 g/mol. The van der Waals surface area contributed by atoms with Gasteiger partial charge in [-0.15, -0.1) is 7.05 Å². The van der Waals surface area contributed by atoms with Crippen molar-refractivity contribution in [3.8, 4) is 0 Å². The van der Waals surface area contributed by atoms with Crippen molar-refractivity contribution in [3.63, 3.8) is 0 Å². The standard InChI is InChI=1S/C8H16N2O2/c1-6-4-10(8(11)9-3)5-7(2)12-6/h6-7H,3-5,9H2,1-2H3/t6-,7+. The van der Waals surface area contributed by atoms with Gasteiger partial charge in [-0.2, -0.15) is 0 Å². The molecule has 1 aliphatic heterocycles. The third kappa shape index (κ3) is 2.19. The van der Waals surface area contributed by atoms with E-state index in [4.69, 9.17) is 4.74 Å². The van der Waals surface area contributed by atoms with Crippen LogP contribution in [-0.4, -0.2) is 36.2 Å². The third-order valence-electron chi connectivity index (χ3n) is 1.91. The first kappa shape index (κ1) is 9.48. The van der Waals surface area contributed by atoms with Crippen LogP contribution in [0.5, 0.6) is 0 Å². The average molecular weight is 172 g/mol. The number of hydrogen-bond acceptors (Lipinski definition) is 2. The molecule has 2 N–H and O–H groups in total. The van der Waals surface area contributed by atoms with Gasteiger partial charge in [0.15, 0.2) is 0 Å². The molecule has 0 aromatic rings. The predicted molar refractivity (Wildman–Crippen MR) is 44.3 cm³/mol. The number of nitrogens with zero attached hydrogens (tertiary/aromatic N) is 1. The fourth-order valence-corrected chi connectivity index (χ4v) is 1.49. The number of quaternary nitrogens is 1. The zero-order valence-corrected chi connectivity index (χ0v) is 7.62. The van der Waals surface area contributed by atoms with Crippen molar-refractivity contribution in [2.75, 3.05) is 13.1 Å². The smallest absolute Gasteiger partial charge is 0.389 e. The number of ether oxygens (including phenoxy) is 1. The second kappa shape index (κ2) is 3.87. The Balaban J connectivity index is 2.49. The molecule has 1 saturated heterocycles. The van der Waals surface area contributed by atoms with E-state index in [1.165, 1.54) is 5.32 Å². The molecule has 0 saturated carbocycles. The van der Waals surface area contributed by atoms with Gasteiger partial charge in [0.05, 0.1) is 25.3 Å². The Morgan fingerprint density at radius 2 is 2.00 bits per heavy atom. The molecule has 0 spiro atoms. The van der Waals surface area contributed by atoms with E-state index < -0.39 is 0 Å². The van der Waals surface area contributed by atoms with Crippen LogP contribution in [-0.2, 0) is 4.74 Å². The van der Waals surface area contributed by atoms with E-state index in [0.29, 0.717) is 13.1 Å². The first-order chi connectivity index (χ1) is 5.63. The topological polar surface area (TPSA) is 46.2 Å². The van der Waals surface area contributed by atoms with Crippen LogP contribution in [0.1, 0.15) is 13.8 Å². The van der Waals surface area contributed by atoms with Crippen LogP contribution < -0.4 is 5.32 Å². The number of primary amides is 1. The van der Waals surface area contributed by atoms with E-state index in [1.807, 2.05) is 13.8 Å². The lowest BCUT2D eigenvalue weighted by Gasteiger charge is -2.33. The molecule has 0 unspecified atom stereocenters.